The predicted octanol–water partition coefficient (Wildman–Crippen LogP) is 3.29. The van der Waals surface area contributed by atoms with Crippen molar-refractivity contribution in [2.45, 2.75) is 44.7 Å². The van der Waals surface area contributed by atoms with Gasteiger partial charge >= 0.3 is 5.97 Å². The van der Waals surface area contributed by atoms with Crippen molar-refractivity contribution < 1.29 is 14.3 Å². The van der Waals surface area contributed by atoms with Crippen molar-refractivity contribution in [3.63, 3.8) is 0 Å². The van der Waals surface area contributed by atoms with Crippen molar-refractivity contribution in [3.05, 3.63) is 34.2 Å². The number of carboxylic acid groups (broad SMARTS) is 1. The van der Waals surface area contributed by atoms with E-state index < -0.39 is 17.8 Å². The third-order valence-corrected chi connectivity index (χ3v) is 4.72. The second-order valence-corrected chi connectivity index (χ2v) is 6.25. The van der Waals surface area contributed by atoms with Crippen molar-refractivity contribution in [2.75, 3.05) is 0 Å². The summed E-state index contributed by atoms with van der Waals surface area (Å²) >= 11 is 6.24. The van der Waals surface area contributed by atoms with Crippen LogP contribution in [0.3, 0.4) is 0 Å². The second-order valence-electron chi connectivity index (χ2n) is 5.84. The van der Waals surface area contributed by atoms with Gasteiger partial charge in [0, 0.05) is 17.1 Å². The Bertz CT molecular complexity index is 756. The third-order valence-electron chi connectivity index (χ3n) is 4.44. The minimum atomic E-state index is -0.905. The molecular weight excluding hydrogens is 307 g/mol. The number of hydrogen-bond acceptors (Lipinski definition) is 2. The first-order chi connectivity index (χ1) is 10.4. The SMILES string of the molecule is CCC(C(=O)O)n1c2c(c3cc(F)cc(Cl)c31)CC(N)CC2. The summed E-state index contributed by atoms with van der Waals surface area (Å²) < 4.78 is 15.6. The summed E-state index contributed by atoms with van der Waals surface area (Å²) in [6, 6.07) is 1.98. The number of nitrogens with zero attached hydrogens (tertiary/aromatic N) is 1. The molecule has 0 radical (unpaired) electrons. The molecule has 2 aromatic rings. The van der Waals surface area contributed by atoms with Gasteiger partial charge in [-0.25, -0.2) is 9.18 Å². The molecular formula is C16H18ClFN2O2. The summed E-state index contributed by atoms with van der Waals surface area (Å²) in [4.78, 5) is 11.6. The molecule has 118 valence electrons. The van der Waals surface area contributed by atoms with E-state index >= 15 is 0 Å². The molecule has 1 aliphatic rings. The number of carboxylic acids is 1. The first-order valence-electron chi connectivity index (χ1n) is 7.43. The summed E-state index contributed by atoms with van der Waals surface area (Å²) in [5.41, 5.74) is 8.52. The summed E-state index contributed by atoms with van der Waals surface area (Å²) in [6.45, 7) is 1.82. The quantitative estimate of drug-likeness (QED) is 0.910. The largest absolute Gasteiger partial charge is 0.480 e. The van der Waals surface area contributed by atoms with Crippen LogP contribution < -0.4 is 5.73 Å². The molecule has 0 aliphatic heterocycles. The van der Waals surface area contributed by atoms with E-state index in [0.717, 1.165) is 17.7 Å². The molecule has 2 atom stereocenters. The Morgan fingerprint density at radius 1 is 1.59 bits per heavy atom. The molecule has 1 aromatic heterocycles. The molecule has 0 saturated heterocycles. The number of halogens is 2. The Morgan fingerprint density at radius 2 is 2.32 bits per heavy atom. The van der Waals surface area contributed by atoms with E-state index in [1.807, 2.05) is 6.92 Å². The Kier molecular flexibility index (Phi) is 3.87. The number of nitrogens with two attached hydrogens (primary N) is 1. The van der Waals surface area contributed by atoms with E-state index in [2.05, 4.69) is 0 Å². The zero-order valence-electron chi connectivity index (χ0n) is 12.3. The number of carbonyl (C=O) groups is 1. The third kappa shape index (κ3) is 2.29. The van der Waals surface area contributed by atoms with Crippen molar-refractivity contribution in [1.82, 2.24) is 4.57 Å². The van der Waals surface area contributed by atoms with Crippen molar-refractivity contribution in [3.8, 4) is 0 Å². The number of aromatic nitrogens is 1. The average Bonchev–Trinajstić information content (AvgIpc) is 2.74. The van der Waals surface area contributed by atoms with Crippen LogP contribution in [0.25, 0.3) is 10.9 Å². The van der Waals surface area contributed by atoms with Crippen LogP contribution in [0.1, 0.15) is 37.1 Å². The molecule has 3 rings (SSSR count). The van der Waals surface area contributed by atoms with E-state index in [1.165, 1.54) is 12.1 Å². The van der Waals surface area contributed by atoms with Crippen molar-refractivity contribution in [1.29, 1.82) is 0 Å². The molecule has 1 aliphatic carbocycles. The first-order valence-corrected chi connectivity index (χ1v) is 7.80. The van der Waals surface area contributed by atoms with Gasteiger partial charge in [-0.1, -0.05) is 18.5 Å². The molecule has 3 N–H and O–H groups in total. The van der Waals surface area contributed by atoms with Gasteiger partial charge in [0.2, 0.25) is 0 Å². The maximum atomic E-state index is 13.8. The van der Waals surface area contributed by atoms with Gasteiger partial charge in [0.15, 0.2) is 0 Å². The highest BCUT2D eigenvalue weighted by Gasteiger charge is 2.30. The summed E-state index contributed by atoms with van der Waals surface area (Å²) in [7, 11) is 0. The molecule has 0 fully saturated rings. The lowest BCUT2D eigenvalue weighted by Gasteiger charge is -2.23. The molecule has 0 bridgehead atoms. The Hall–Kier alpha value is -1.59. The van der Waals surface area contributed by atoms with Crippen LogP contribution in [0.15, 0.2) is 12.1 Å². The number of benzene rings is 1. The lowest BCUT2D eigenvalue weighted by Crippen LogP contribution is -2.29. The lowest BCUT2D eigenvalue weighted by atomic mass is 9.92. The maximum absolute atomic E-state index is 13.8. The number of rotatable bonds is 3. The summed E-state index contributed by atoms with van der Waals surface area (Å²) in [5, 5.41) is 10.5. The van der Waals surface area contributed by atoms with Gasteiger partial charge < -0.3 is 15.4 Å². The van der Waals surface area contributed by atoms with Crippen molar-refractivity contribution in [2.24, 2.45) is 5.73 Å². The number of fused-ring (bicyclic) bond motifs is 3. The van der Waals surface area contributed by atoms with Gasteiger partial charge in [-0.2, -0.15) is 0 Å². The first kappa shape index (κ1) is 15.3. The summed E-state index contributed by atoms with van der Waals surface area (Å²) in [6.07, 6.45) is 2.53. The van der Waals surface area contributed by atoms with Crippen LogP contribution in [0.2, 0.25) is 5.02 Å². The Morgan fingerprint density at radius 3 is 2.95 bits per heavy atom. The minimum Gasteiger partial charge on any atom is -0.480 e. The number of aliphatic carboxylic acids is 1. The Labute approximate surface area is 132 Å². The van der Waals surface area contributed by atoms with Crippen molar-refractivity contribution >= 4 is 28.5 Å². The highest BCUT2D eigenvalue weighted by atomic mass is 35.5. The average molecular weight is 325 g/mol. The molecule has 0 saturated carbocycles. The highest BCUT2D eigenvalue weighted by molar-refractivity contribution is 6.35. The zero-order chi connectivity index (χ0) is 16.0. The normalized spacial score (nSPS) is 19.2. The van der Waals surface area contributed by atoms with Gasteiger partial charge in [-0.3, -0.25) is 0 Å². The van der Waals surface area contributed by atoms with Gasteiger partial charge in [-0.15, -0.1) is 0 Å². The Balaban J connectivity index is 2.38. The van der Waals surface area contributed by atoms with Crippen LogP contribution >= 0.6 is 11.6 Å². The summed E-state index contributed by atoms with van der Waals surface area (Å²) in [5.74, 6) is -1.32. The fraction of sp³-hybridized carbons (Fsp3) is 0.438. The molecule has 1 heterocycles. The molecule has 0 spiro atoms. The predicted molar refractivity (Wildman–Crippen MR) is 83.9 cm³/mol. The van der Waals surface area contributed by atoms with Crippen LogP contribution in [0.5, 0.6) is 0 Å². The lowest BCUT2D eigenvalue weighted by molar-refractivity contribution is -0.140. The molecule has 1 aromatic carbocycles. The van der Waals surface area contributed by atoms with Crippen LogP contribution in [0, 0.1) is 5.82 Å². The highest BCUT2D eigenvalue weighted by Crippen LogP contribution is 2.38. The molecule has 22 heavy (non-hydrogen) atoms. The second kappa shape index (κ2) is 5.56. The molecule has 4 nitrogen and oxygen atoms in total. The molecule has 6 heteroatoms. The zero-order valence-corrected chi connectivity index (χ0v) is 13.0. The maximum Gasteiger partial charge on any atom is 0.326 e. The smallest absolute Gasteiger partial charge is 0.326 e. The van der Waals surface area contributed by atoms with Crippen LogP contribution in [0.4, 0.5) is 4.39 Å². The van der Waals surface area contributed by atoms with Gasteiger partial charge in [0.05, 0.1) is 10.5 Å². The van der Waals surface area contributed by atoms with E-state index in [9.17, 15) is 14.3 Å². The van der Waals surface area contributed by atoms with Gasteiger partial charge in [0.25, 0.3) is 0 Å². The molecule has 0 amide bonds. The van der Waals surface area contributed by atoms with E-state index in [-0.39, 0.29) is 11.1 Å². The monoisotopic (exact) mass is 324 g/mol. The fourth-order valence-electron chi connectivity index (χ4n) is 3.47. The molecule has 2 unspecified atom stereocenters. The van der Waals surface area contributed by atoms with E-state index in [0.29, 0.717) is 30.2 Å². The van der Waals surface area contributed by atoms with E-state index in [4.69, 9.17) is 17.3 Å². The fourth-order valence-corrected chi connectivity index (χ4v) is 3.77. The minimum absolute atomic E-state index is 0.0125. The van der Waals surface area contributed by atoms with Gasteiger partial charge in [-0.05, 0) is 43.4 Å². The van der Waals surface area contributed by atoms with Crippen LogP contribution in [-0.4, -0.2) is 21.7 Å². The van der Waals surface area contributed by atoms with Gasteiger partial charge in [0.1, 0.15) is 11.9 Å². The number of hydrogen-bond donors (Lipinski definition) is 2. The topological polar surface area (TPSA) is 68.2 Å². The van der Waals surface area contributed by atoms with E-state index in [1.54, 1.807) is 4.57 Å². The van der Waals surface area contributed by atoms with Crippen LogP contribution in [-0.2, 0) is 17.6 Å². The standard InChI is InChI=1S/C16H18ClFN2O2/c1-2-13(16(21)22)20-14-4-3-9(19)7-10(14)11-5-8(18)6-12(17)15(11)20/h5-6,9,13H,2-4,7,19H2,1H3,(H,21,22).